The third-order valence-corrected chi connectivity index (χ3v) is 4.33. The summed E-state index contributed by atoms with van der Waals surface area (Å²) in [5, 5.41) is 18.2. The van der Waals surface area contributed by atoms with Gasteiger partial charge in [-0.2, -0.15) is 0 Å². The van der Waals surface area contributed by atoms with Crippen LogP contribution in [-0.2, 0) is 0 Å². The molecule has 0 saturated carbocycles. The monoisotopic (exact) mass is 369 g/mol. The highest BCUT2D eigenvalue weighted by Gasteiger charge is 2.24. The van der Waals surface area contributed by atoms with Crippen LogP contribution in [0.3, 0.4) is 0 Å². The average Bonchev–Trinajstić information content (AvgIpc) is 2.61. The second kappa shape index (κ2) is 7.37. The minimum absolute atomic E-state index is 0.0893. The van der Waals surface area contributed by atoms with Crippen LogP contribution in [0, 0.1) is 24.0 Å². The lowest BCUT2D eigenvalue weighted by Gasteiger charge is -2.13. The largest absolute Gasteiger partial charge is 0.353 e. The first-order valence-corrected chi connectivity index (χ1v) is 8.19. The van der Waals surface area contributed by atoms with E-state index in [-0.39, 0.29) is 17.3 Å². The Morgan fingerprint density at radius 2 is 1.58 bits per heavy atom. The molecule has 0 atom stereocenters. The lowest BCUT2D eigenvalue weighted by Crippen LogP contribution is -2.06. The Hall–Kier alpha value is -3.19. The van der Waals surface area contributed by atoms with Crippen LogP contribution in [0.5, 0.6) is 0 Å². The molecular weight excluding hydrogens is 354 g/mol. The van der Waals surface area contributed by atoms with Crippen molar-refractivity contribution in [2.45, 2.75) is 13.8 Å². The predicted molar refractivity (Wildman–Crippen MR) is 103 cm³/mol. The van der Waals surface area contributed by atoms with Crippen molar-refractivity contribution in [2.75, 3.05) is 10.6 Å². The van der Waals surface area contributed by atoms with E-state index in [1.54, 1.807) is 18.2 Å². The van der Waals surface area contributed by atoms with Crippen LogP contribution < -0.4 is 10.6 Å². The number of rotatable bonds is 5. The standard InChI is InChI=1S/C18H16ClN5O2/c1-11-6-3-4-8-14(11)22-17-16(24(25)26)18(21-10-20-17)23-15-9-5-7-13(19)12(15)2/h3-10H,1-2H3,(H2,20,21,22,23). The fourth-order valence-electron chi connectivity index (χ4n) is 2.45. The molecule has 0 amide bonds. The van der Waals surface area contributed by atoms with Crippen molar-refractivity contribution in [1.29, 1.82) is 0 Å². The van der Waals surface area contributed by atoms with Gasteiger partial charge in [-0.3, -0.25) is 10.1 Å². The van der Waals surface area contributed by atoms with Crippen LogP contribution in [0.2, 0.25) is 5.02 Å². The summed E-state index contributed by atoms with van der Waals surface area (Å²) < 4.78 is 0. The molecule has 0 saturated heterocycles. The Morgan fingerprint density at radius 3 is 2.23 bits per heavy atom. The van der Waals surface area contributed by atoms with Gasteiger partial charge in [0.15, 0.2) is 0 Å². The molecule has 0 radical (unpaired) electrons. The number of para-hydroxylation sites is 1. The van der Waals surface area contributed by atoms with E-state index in [1.807, 2.05) is 38.1 Å². The number of anilines is 4. The second-order valence-corrected chi connectivity index (χ2v) is 6.06. The summed E-state index contributed by atoms with van der Waals surface area (Å²) in [5.74, 6) is 0.202. The molecule has 0 bridgehead atoms. The number of halogens is 1. The molecule has 1 aromatic heterocycles. The second-order valence-electron chi connectivity index (χ2n) is 5.65. The number of aromatic nitrogens is 2. The number of hydrogen-bond acceptors (Lipinski definition) is 6. The van der Waals surface area contributed by atoms with Crippen LogP contribution in [0.15, 0.2) is 48.8 Å². The van der Waals surface area contributed by atoms with Crippen LogP contribution in [0.4, 0.5) is 28.7 Å². The first kappa shape index (κ1) is 17.6. The van der Waals surface area contributed by atoms with Gasteiger partial charge in [0, 0.05) is 16.4 Å². The van der Waals surface area contributed by atoms with E-state index in [9.17, 15) is 10.1 Å². The fraction of sp³-hybridized carbons (Fsp3) is 0.111. The summed E-state index contributed by atoms with van der Waals surface area (Å²) in [5.41, 5.74) is 2.85. The van der Waals surface area contributed by atoms with Gasteiger partial charge in [-0.15, -0.1) is 0 Å². The molecule has 2 aromatic carbocycles. The number of hydrogen-bond donors (Lipinski definition) is 2. The molecule has 7 nitrogen and oxygen atoms in total. The highest BCUT2D eigenvalue weighted by atomic mass is 35.5. The number of nitrogens with zero attached hydrogens (tertiary/aromatic N) is 3. The molecule has 26 heavy (non-hydrogen) atoms. The van der Waals surface area contributed by atoms with Crippen LogP contribution in [-0.4, -0.2) is 14.9 Å². The van der Waals surface area contributed by atoms with Gasteiger partial charge in [0.1, 0.15) is 6.33 Å². The summed E-state index contributed by atoms with van der Waals surface area (Å²) in [7, 11) is 0. The van der Waals surface area contributed by atoms with Gasteiger partial charge in [-0.25, -0.2) is 9.97 Å². The third-order valence-electron chi connectivity index (χ3n) is 3.92. The van der Waals surface area contributed by atoms with E-state index in [4.69, 9.17) is 11.6 Å². The molecule has 0 aliphatic rings. The number of nitro groups is 1. The van der Waals surface area contributed by atoms with Crippen LogP contribution >= 0.6 is 11.6 Å². The molecule has 3 aromatic rings. The van der Waals surface area contributed by atoms with Gasteiger partial charge in [0.2, 0.25) is 11.6 Å². The van der Waals surface area contributed by atoms with E-state index in [1.165, 1.54) is 6.33 Å². The normalized spacial score (nSPS) is 10.4. The zero-order valence-electron chi connectivity index (χ0n) is 14.2. The first-order chi connectivity index (χ1) is 12.5. The molecular formula is C18H16ClN5O2. The Bertz CT molecular complexity index is 978. The fourth-order valence-corrected chi connectivity index (χ4v) is 2.62. The Kier molecular flexibility index (Phi) is 4.99. The van der Waals surface area contributed by atoms with Gasteiger partial charge in [-0.05, 0) is 43.2 Å². The van der Waals surface area contributed by atoms with Crippen molar-refractivity contribution >= 4 is 40.3 Å². The predicted octanol–water partition coefficient (Wildman–Crippen LogP) is 5.14. The van der Waals surface area contributed by atoms with Crippen molar-refractivity contribution in [1.82, 2.24) is 9.97 Å². The Morgan fingerprint density at radius 1 is 0.962 bits per heavy atom. The molecule has 8 heteroatoms. The molecule has 0 spiro atoms. The zero-order valence-corrected chi connectivity index (χ0v) is 14.9. The summed E-state index contributed by atoms with van der Waals surface area (Å²) >= 11 is 6.12. The smallest absolute Gasteiger partial charge is 0.334 e. The minimum Gasteiger partial charge on any atom is -0.334 e. The summed E-state index contributed by atoms with van der Waals surface area (Å²) in [6.45, 7) is 3.73. The van der Waals surface area contributed by atoms with Crippen molar-refractivity contribution in [3.05, 3.63) is 75.1 Å². The van der Waals surface area contributed by atoms with Gasteiger partial charge in [0.05, 0.1) is 4.92 Å². The lowest BCUT2D eigenvalue weighted by atomic mass is 10.2. The number of benzene rings is 2. The first-order valence-electron chi connectivity index (χ1n) is 7.81. The molecule has 0 aliphatic carbocycles. The third kappa shape index (κ3) is 3.57. The molecule has 0 aliphatic heterocycles. The van der Waals surface area contributed by atoms with Crippen molar-refractivity contribution in [3.63, 3.8) is 0 Å². The molecule has 2 N–H and O–H groups in total. The molecule has 1 heterocycles. The topological polar surface area (TPSA) is 93.0 Å². The Balaban J connectivity index is 2.03. The zero-order chi connectivity index (χ0) is 18.7. The maximum Gasteiger partial charge on any atom is 0.353 e. The van der Waals surface area contributed by atoms with Crippen molar-refractivity contribution in [3.8, 4) is 0 Å². The van der Waals surface area contributed by atoms with E-state index in [2.05, 4.69) is 20.6 Å². The van der Waals surface area contributed by atoms with E-state index >= 15 is 0 Å². The minimum atomic E-state index is -0.511. The quantitative estimate of drug-likeness (QED) is 0.477. The number of aryl methyl sites for hydroxylation is 1. The van der Waals surface area contributed by atoms with Gasteiger partial charge >= 0.3 is 5.69 Å². The van der Waals surface area contributed by atoms with E-state index in [0.717, 1.165) is 16.8 Å². The van der Waals surface area contributed by atoms with Crippen molar-refractivity contribution < 1.29 is 4.92 Å². The summed E-state index contributed by atoms with van der Waals surface area (Å²) in [6, 6.07) is 12.8. The summed E-state index contributed by atoms with van der Waals surface area (Å²) in [4.78, 5) is 19.3. The van der Waals surface area contributed by atoms with Crippen LogP contribution in [0.25, 0.3) is 0 Å². The number of nitrogens with one attached hydrogen (secondary N) is 2. The van der Waals surface area contributed by atoms with Gasteiger partial charge in [0.25, 0.3) is 0 Å². The highest BCUT2D eigenvalue weighted by Crippen LogP contribution is 2.35. The van der Waals surface area contributed by atoms with Crippen LogP contribution in [0.1, 0.15) is 11.1 Å². The maximum atomic E-state index is 11.7. The van der Waals surface area contributed by atoms with Crippen molar-refractivity contribution in [2.24, 2.45) is 0 Å². The SMILES string of the molecule is Cc1ccccc1Nc1ncnc(Nc2cccc(Cl)c2C)c1[N+](=O)[O-]. The molecule has 0 fully saturated rings. The molecule has 132 valence electrons. The highest BCUT2D eigenvalue weighted by molar-refractivity contribution is 6.31. The van der Waals surface area contributed by atoms with Gasteiger partial charge in [-0.1, -0.05) is 35.9 Å². The summed E-state index contributed by atoms with van der Waals surface area (Å²) in [6.07, 6.45) is 1.27. The Labute approximate surface area is 155 Å². The average molecular weight is 370 g/mol. The van der Waals surface area contributed by atoms with E-state index in [0.29, 0.717) is 10.7 Å². The maximum absolute atomic E-state index is 11.7. The van der Waals surface area contributed by atoms with Gasteiger partial charge < -0.3 is 10.6 Å². The van der Waals surface area contributed by atoms with E-state index < -0.39 is 4.92 Å². The molecule has 3 rings (SSSR count). The lowest BCUT2D eigenvalue weighted by molar-refractivity contribution is -0.383. The molecule has 0 unspecified atom stereocenters.